The van der Waals surface area contributed by atoms with Crippen LogP contribution in [0.25, 0.3) is 0 Å². The maximum Gasteiger partial charge on any atom is 0.248 e. The highest BCUT2D eigenvalue weighted by Gasteiger charge is 2.25. The Morgan fingerprint density at radius 1 is 0.923 bits per heavy atom. The quantitative estimate of drug-likeness (QED) is 0.896. The Balaban J connectivity index is 1.43. The molecule has 2 fully saturated rings. The number of carbonyl (C=O) groups is 2. The number of likely N-dealkylation sites (tertiary alicyclic amines) is 2. The van der Waals surface area contributed by atoms with Crippen molar-refractivity contribution < 1.29 is 9.59 Å². The van der Waals surface area contributed by atoms with Crippen LogP contribution in [-0.4, -0.2) is 52.8 Å². The van der Waals surface area contributed by atoms with Gasteiger partial charge in [-0.2, -0.15) is 0 Å². The fourth-order valence-corrected chi connectivity index (χ4v) is 4.03. The van der Waals surface area contributed by atoms with Crippen molar-refractivity contribution in [1.29, 1.82) is 0 Å². The van der Waals surface area contributed by atoms with E-state index in [9.17, 15) is 14.4 Å². The molecule has 1 N–H and O–H groups in total. The van der Waals surface area contributed by atoms with Gasteiger partial charge in [0.25, 0.3) is 0 Å². The minimum absolute atomic E-state index is 0.0759. The number of pyridine rings is 1. The Morgan fingerprint density at radius 3 is 2.08 bits per heavy atom. The third-order valence-electron chi connectivity index (χ3n) is 5.63. The van der Waals surface area contributed by atoms with E-state index in [1.807, 2.05) is 15.9 Å². The van der Waals surface area contributed by atoms with Crippen LogP contribution >= 0.6 is 0 Å². The molecule has 6 heteroatoms. The minimum Gasteiger partial charge on any atom is -0.343 e. The van der Waals surface area contributed by atoms with Crippen molar-refractivity contribution in [3.05, 3.63) is 34.2 Å². The zero-order valence-electron chi connectivity index (χ0n) is 15.4. The maximum absolute atomic E-state index is 12.5. The van der Waals surface area contributed by atoms with Crippen molar-refractivity contribution in [2.75, 3.05) is 26.2 Å². The molecule has 6 nitrogen and oxygen atoms in total. The molecular formula is C20H29N3O3. The number of aromatic nitrogens is 1. The molecule has 0 atom stereocenters. The Morgan fingerprint density at radius 2 is 1.50 bits per heavy atom. The van der Waals surface area contributed by atoms with Gasteiger partial charge in [-0.25, -0.2) is 0 Å². The highest BCUT2D eigenvalue weighted by molar-refractivity contribution is 5.83. The first-order valence-corrected chi connectivity index (χ1v) is 9.87. The van der Waals surface area contributed by atoms with E-state index in [1.54, 1.807) is 12.3 Å². The molecule has 2 saturated heterocycles. The molecule has 0 spiro atoms. The van der Waals surface area contributed by atoms with Gasteiger partial charge in [0.1, 0.15) is 0 Å². The second-order valence-corrected chi connectivity index (χ2v) is 7.44. The number of amides is 2. The number of hydrogen-bond acceptors (Lipinski definition) is 3. The molecule has 3 rings (SSSR count). The van der Waals surface area contributed by atoms with Crippen molar-refractivity contribution in [1.82, 2.24) is 14.8 Å². The summed E-state index contributed by atoms with van der Waals surface area (Å²) in [7, 11) is 0. The van der Waals surface area contributed by atoms with Gasteiger partial charge in [-0.3, -0.25) is 14.4 Å². The topological polar surface area (TPSA) is 73.5 Å². The predicted molar refractivity (Wildman–Crippen MR) is 99.9 cm³/mol. The van der Waals surface area contributed by atoms with Crippen LogP contribution in [0.3, 0.4) is 0 Å². The summed E-state index contributed by atoms with van der Waals surface area (Å²) in [5.74, 6) is 0.538. The van der Waals surface area contributed by atoms with E-state index in [1.165, 1.54) is 12.8 Å². The molecule has 2 amide bonds. The number of aromatic amines is 1. The van der Waals surface area contributed by atoms with E-state index in [0.29, 0.717) is 31.8 Å². The standard InChI is InChI=1S/C20H29N3O3/c24-18-15-17(7-10-21-18)16-8-13-23(14-9-16)20(26)6-5-19(25)22-11-3-1-2-4-12-22/h7,10,15-16H,1-6,8-9,11-14H2,(H,21,24). The second kappa shape index (κ2) is 9.01. The minimum atomic E-state index is -0.0759. The molecule has 1 aromatic rings. The molecule has 0 unspecified atom stereocenters. The first-order chi connectivity index (χ1) is 12.6. The van der Waals surface area contributed by atoms with Gasteiger partial charge in [-0.15, -0.1) is 0 Å². The molecular weight excluding hydrogens is 330 g/mol. The van der Waals surface area contributed by atoms with Gasteiger partial charge in [0, 0.05) is 51.3 Å². The predicted octanol–water partition coefficient (Wildman–Crippen LogP) is 2.26. The average Bonchev–Trinajstić information content (AvgIpc) is 2.95. The van der Waals surface area contributed by atoms with Crippen molar-refractivity contribution >= 4 is 11.8 Å². The first-order valence-electron chi connectivity index (χ1n) is 9.87. The Labute approximate surface area is 154 Å². The van der Waals surface area contributed by atoms with Gasteiger partial charge in [0.2, 0.25) is 17.4 Å². The fourth-order valence-electron chi connectivity index (χ4n) is 4.03. The number of hydrogen-bond donors (Lipinski definition) is 1. The van der Waals surface area contributed by atoms with Gasteiger partial charge in [-0.05, 0) is 43.2 Å². The summed E-state index contributed by atoms with van der Waals surface area (Å²) in [6, 6.07) is 3.60. The first kappa shape index (κ1) is 18.7. The van der Waals surface area contributed by atoms with Crippen LogP contribution in [0.1, 0.15) is 62.8 Å². The Hall–Kier alpha value is -2.11. The van der Waals surface area contributed by atoms with Crippen molar-refractivity contribution in [2.45, 2.75) is 57.3 Å². The van der Waals surface area contributed by atoms with Crippen LogP contribution < -0.4 is 5.56 Å². The van der Waals surface area contributed by atoms with Gasteiger partial charge in [0.15, 0.2) is 0 Å². The third kappa shape index (κ3) is 4.96. The number of piperidine rings is 1. The lowest BCUT2D eigenvalue weighted by molar-refractivity contribution is -0.137. The molecule has 0 aliphatic carbocycles. The molecule has 0 radical (unpaired) electrons. The zero-order chi connectivity index (χ0) is 18.4. The summed E-state index contributed by atoms with van der Waals surface area (Å²) in [5, 5.41) is 0. The Kier molecular flexibility index (Phi) is 6.47. The van der Waals surface area contributed by atoms with Crippen LogP contribution in [0.4, 0.5) is 0 Å². The van der Waals surface area contributed by atoms with Crippen molar-refractivity contribution in [2.24, 2.45) is 0 Å². The summed E-state index contributed by atoms with van der Waals surface area (Å²) in [5.41, 5.74) is 0.977. The van der Waals surface area contributed by atoms with Gasteiger partial charge < -0.3 is 14.8 Å². The molecule has 2 aliphatic rings. The summed E-state index contributed by atoms with van der Waals surface area (Å²) >= 11 is 0. The van der Waals surface area contributed by atoms with Gasteiger partial charge in [-0.1, -0.05) is 12.8 Å². The lowest BCUT2D eigenvalue weighted by Crippen LogP contribution is -2.39. The number of nitrogens with zero attached hydrogens (tertiary/aromatic N) is 2. The number of rotatable bonds is 4. The Bertz CT molecular complexity index is 669. The van der Waals surface area contributed by atoms with E-state index in [-0.39, 0.29) is 17.4 Å². The van der Waals surface area contributed by atoms with Crippen molar-refractivity contribution in [3.63, 3.8) is 0 Å². The molecule has 26 heavy (non-hydrogen) atoms. The lowest BCUT2D eigenvalue weighted by atomic mass is 9.90. The van der Waals surface area contributed by atoms with Crippen LogP contribution in [-0.2, 0) is 9.59 Å². The highest BCUT2D eigenvalue weighted by Crippen LogP contribution is 2.27. The van der Waals surface area contributed by atoms with Gasteiger partial charge >= 0.3 is 0 Å². The number of carbonyl (C=O) groups excluding carboxylic acids is 2. The highest BCUT2D eigenvalue weighted by atomic mass is 16.2. The zero-order valence-corrected chi connectivity index (χ0v) is 15.4. The molecule has 0 aromatic carbocycles. The van der Waals surface area contributed by atoms with Crippen LogP contribution in [0.15, 0.2) is 23.1 Å². The SMILES string of the molecule is O=C(CCC(=O)N1CCC(c2cc[nH]c(=O)c2)CC1)N1CCCCCC1. The second-order valence-electron chi connectivity index (χ2n) is 7.44. The molecule has 0 saturated carbocycles. The van der Waals surface area contributed by atoms with Crippen LogP contribution in [0.2, 0.25) is 0 Å². The third-order valence-corrected chi connectivity index (χ3v) is 5.63. The molecule has 0 bridgehead atoms. The molecule has 142 valence electrons. The smallest absolute Gasteiger partial charge is 0.248 e. The summed E-state index contributed by atoms with van der Waals surface area (Å²) in [6.45, 7) is 3.09. The normalized spacial score (nSPS) is 19.2. The van der Waals surface area contributed by atoms with Crippen LogP contribution in [0.5, 0.6) is 0 Å². The monoisotopic (exact) mass is 359 g/mol. The van der Waals surface area contributed by atoms with E-state index >= 15 is 0 Å². The fraction of sp³-hybridized carbons (Fsp3) is 0.650. The number of H-pyrrole nitrogens is 1. The van der Waals surface area contributed by atoms with E-state index in [4.69, 9.17) is 0 Å². The molecule has 2 aliphatic heterocycles. The summed E-state index contributed by atoms with van der Waals surface area (Å²) in [6.07, 6.45) is 8.62. The average molecular weight is 359 g/mol. The lowest BCUT2D eigenvalue weighted by Gasteiger charge is -2.32. The summed E-state index contributed by atoms with van der Waals surface area (Å²) in [4.78, 5) is 42.7. The maximum atomic E-state index is 12.5. The van der Waals surface area contributed by atoms with E-state index in [2.05, 4.69) is 4.98 Å². The molecule has 3 heterocycles. The largest absolute Gasteiger partial charge is 0.343 e. The molecule has 1 aromatic heterocycles. The van der Waals surface area contributed by atoms with E-state index < -0.39 is 0 Å². The van der Waals surface area contributed by atoms with E-state index in [0.717, 1.165) is 44.3 Å². The van der Waals surface area contributed by atoms with Gasteiger partial charge in [0.05, 0.1) is 0 Å². The number of nitrogens with one attached hydrogen (secondary N) is 1. The van der Waals surface area contributed by atoms with Crippen LogP contribution in [0, 0.1) is 0 Å². The van der Waals surface area contributed by atoms with Crippen molar-refractivity contribution in [3.8, 4) is 0 Å². The summed E-state index contributed by atoms with van der Waals surface area (Å²) < 4.78 is 0.